The molecule has 0 fully saturated rings. The van der Waals surface area contributed by atoms with E-state index in [0.29, 0.717) is 5.69 Å². The minimum absolute atomic E-state index is 0.281. The first kappa shape index (κ1) is 14.4. The van der Waals surface area contributed by atoms with E-state index in [-0.39, 0.29) is 11.8 Å². The number of aromatic nitrogens is 1. The number of pyridine rings is 1. The minimum atomic E-state index is -0.281. The van der Waals surface area contributed by atoms with Crippen LogP contribution in [-0.2, 0) is 9.59 Å². The van der Waals surface area contributed by atoms with Crippen LogP contribution in [0.2, 0.25) is 0 Å². The molecule has 4 nitrogen and oxygen atoms in total. The average Bonchev–Trinajstić information content (AvgIpc) is 2.88. The summed E-state index contributed by atoms with van der Waals surface area (Å²) in [5, 5.41) is 0. The quantitative estimate of drug-likeness (QED) is 0.794. The summed E-state index contributed by atoms with van der Waals surface area (Å²) in [5.74, 6) is -0.563. The number of anilines is 1. The molecule has 3 rings (SSSR count). The lowest BCUT2D eigenvalue weighted by atomic mass is 10.3. The predicted molar refractivity (Wildman–Crippen MR) is 82.4 cm³/mol. The lowest BCUT2D eigenvalue weighted by Gasteiger charge is -2.12. The Balaban J connectivity index is 0.000000173. The zero-order valence-corrected chi connectivity index (χ0v) is 11.3. The Hall–Kier alpha value is -3.01. The number of nitrogens with zero attached hydrogens (tertiary/aromatic N) is 2. The summed E-state index contributed by atoms with van der Waals surface area (Å²) in [7, 11) is 0. The van der Waals surface area contributed by atoms with Gasteiger partial charge >= 0.3 is 0 Å². The molecule has 2 aromatic rings. The number of rotatable bonds is 2. The molecule has 1 aliphatic heterocycles. The Labute approximate surface area is 123 Å². The topological polar surface area (TPSA) is 50.3 Å². The van der Waals surface area contributed by atoms with Crippen LogP contribution in [-0.4, -0.2) is 16.8 Å². The van der Waals surface area contributed by atoms with Crippen molar-refractivity contribution < 1.29 is 9.59 Å². The van der Waals surface area contributed by atoms with E-state index in [0.717, 1.165) is 10.6 Å². The van der Waals surface area contributed by atoms with Crippen LogP contribution in [0, 0.1) is 0 Å². The fourth-order valence-corrected chi connectivity index (χ4v) is 1.73. The van der Waals surface area contributed by atoms with Crippen molar-refractivity contribution in [2.24, 2.45) is 0 Å². The van der Waals surface area contributed by atoms with E-state index in [9.17, 15) is 9.59 Å². The van der Waals surface area contributed by atoms with Gasteiger partial charge in [0.25, 0.3) is 11.8 Å². The minimum Gasteiger partial charge on any atom is -0.269 e. The summed E-state index contributed by atoms with van der Waals surface area (Å²) in [6.07, 6.45) is 6.02. The molecule has 0 atom stereocenters. The van der Waals surface area contributed by atoms with Crippen molar-refractivity contribution in [2.75, 3.05) is 4.90 Å². The molecule has 0 unspecified atom stereocenters. The first-order chi connectivity index (χ1) is 10.2. The van der Waals surface area contributed by atoms with Crippen molar-refractivity contribution >= 4 is 23.6 Å². The first-order valence-corrected chi connectivity index (χ1v) is 6.37. The van der Waals surface area contributed by atoms with Crippen LogP contribution in [0.3, 0.4) is 0 Å². The van der Waals surface area contributed by atoms with E-state index in [1.165, 1.54) is 12.2 Å². The summed E-state index contributed by atoms with van der Waals surface area (Å²) in [6.45, 7) is 3.57. The van der Waals surface area contributed by atoms with Gasteiger partial charge in [-0.3, -0.25) is 14.6 Å². The molecule has 4 heteroatoms. The molecule has 2 amide bonds. The number of imide groups is 1. The smallest absolute Gasteiger partial charge is 0.258 e. The molecule has 0 bridgehead atoms. The molecular formula is C17H14N2O2. The highest BCUT2D eigenvalue weighted by molar-refractivity contribution is 6.28. The Kier molecular flexibility index (Phi) is 4.77. The Bertz CT molecular complexity index is 646. The highest BCUT2D eigenvalue weighted by Gasteiger charge is 2.24. The lowest BCUT2D eigenvalue weighted by Crippen LogP contribution is -2.29. The number of benzene rings is 1. The average molecular weight is 278 g/mol. The third-order valence-corrected chi connectivity index (χ3v) is 2.72. The van der Waals surface area contributed by atoms with Crippen LogP contribution in [0.5, 0.6) is 0 Å². The molecule has 1 aromatic heterocycles. The zero-order valence-electron chi connectivity index (χ0n) is 11.3. The van der Waals surface area contributed by atoms with Gasteiger partial charge in [-0.15, -0.1) is 0 Å². The Morgan fingerprint density at radius 1 is 0.905 bits per heavy atom. The van der Waals surface area contributed by atoms with Crippen molar-refractivity contribution in [2.45, 2.75) is 0 Å². The van der Waals surface area contributed by atoms with Gasteiger partial charge in [0.05, 0.1) is 11.4 Å². The van der Waals surface area contributed by atoms with Crippen LogP contribution >= 0.6 is 0 Å². The van der Waals surface area contributed by atoms with Crippen LogP contribution < -0.4 is 4.90 Å². The van der Waals surface area contributed by atoms with Gasteiger partial charge < -0.3 is 0 Å². The van der Waals surface area contributed by atoms with Gasteiger partial charge in [0.1, 0.15) is 0 Å². The van der Waals surface area contributed by atoms with Gasteiger partial charge in [0, 0.05) is 18.3 Å². The number of hydrogen-bond donors (Lipinski definition) is 0. The SMILES string of the molecule is C=Cc1ccccn1.O=C1C=CC(=O)N1c1ccccc1. The molecule has 1 aromatic carbocycles. The van der Waals surface area contributed by atoms with Crippen molar-refractivity contribution in [3.63, 3.8) is 0 Å². The number of para-hydroxylation sites is 1. The molecule has 104 valence electrons. The third-order valence-electron chi connectivity index (χ3n) is 2.72. The second-order valence-corrected chi connectivity index (χ2v) is 4.14. The summed E-state index contributed by atoms with van der Waals surface area (Å²) in [4.78, 5) is 27.5. The molecule has 0 radical (unpaired) electrons. The standard InChI is InChI=1S/C10H7NO2.C7H7N/c12-9-6-7-10(13)11(9)8-4-2-1-3-5-8;1-2-7-5-3-4-6-8-7/h1-7H;2-6H,1H2. The third kappa shape index (κ3) is 3.73. The summed E-state index contributed by atoms with van der Waals surface area (Å²) in [6, 6.07) is 14.6. The van der Waals surface area contributed by atoms with Gasteiger partial charge in [0.15, 0.2) is 0 Å². The number of carbonyl (C=O) groups excluding carboxylic acids is 2. The highest BCUT2D eigenvalue weighted by Crippen LogP contribution is 2.17. The molecule has 0 spiro atoms. The Morgan fingerprint density at radius 3 is 2.00 bits per heavy atom. The monoisotopic (exact) mass is 278 g/mol. The van der Waals surface area contributed by atoms with Crippen molar-refractivity contribution in [1.82, 2.24) is 4.98 Å². The molecule has 2 heterocycles. The van der Waals surface area contributed by atoms with Crippen LogP contribution in [0.1, 0.15) is 5.69 Å². The van der Waals surface area contributed by atoms with Crippen molar-refractivity contribution in [1.29, 1.82) is 0 Å². The van der Waals surface area contributed by atoms with Gasteiger partial charge in [-0.25, -0.2) is 4.90 Å². The molecule has 0 saturated heterocycles. The van der Waals surface area contributed by atoms with Gasteiger partial charge in [-0.05, 0) is 30.3 Å². The second-order valence-electron chi connectivity index (χ2n) is 4.14. The Morgan fingerprint density at radius 2 is 1.52 bits per heavy atom. The van der Waals surface area contributed by atoms with E-state index in [1.54, 1.807) is 36.5 Å². The highest BCUT2D eigenvalue weighted by atomic mass is 16.2. The molecule has 0 saturated carbocycles. The van der Waals surface area contributed by atoms with Gasteiger partial charge in [-0.1, -0.05) is 30.8 Å². The fraction of sp³-hybridized carbons (Fsp3) is 0. The predicted octanol–water partition coefficient (Wildman–Crippen LogP) is 2.84. The van der Waals surface area contributed by atoms with E-state index in [4.69, 9.17) is 0 Å². The maximum Gasteiger partial charge on any atom is 0.258 e. The zero-order chi connectivity index (χ0) is 15.1. The molecule has 0 aliphatic carbocycles. The van der Waals surface area contributed by atoms with Crippen molar-refractivity contribution in [3.05, 3.63) is 79.2 Å². The van der Waals surface area contributed by atoms with E-state index < -0.39 is 0 Å². The number of carbonyl (C=O) groups is 2. The van der Waals surface area contributed by atoms with Crippen LogP contribution in [0.4, 0.5) is 5.69 Å². The van der Waals surface area contributed by atoms with Crippen LogP contribution in [0.15, 0.2) is 73.5 Å². The summed E-state index contributed by atoms with van der Waals surface area (Å²) in [5.41, 5.74) is 1.54. The number of hydrogen-bond acceptors (Lipinski definition) is 3. The van der Waals surface area contributed by atoms with E-state index in [2.05, 4.69) is 11.6 Å². The fourth-order valence-electron chi connectivity index (χ4n) is 1.73. The van der Waals surface area contributed by atoms with E-state index >= 15 is 0 Å². The maximum atomic E-state index is 11.2. The lowest BCUT2D eigenvalue weighted by molar-refractivity contribution is -0.119. The molecule has 0 N–H and O–H groups in total. The second kappa shape index (κ2) is 6.96. The summed E-state index contributed by atoms with van der Waals surface area (Å²) >= 11 is 0. The molecule has 21 heavy (non-hydrogen) atoms. The first-order valence-electron chi connectivity index (χ1n) is 6.37. The largest absolute Gasteiger partial charge is 0.269 e. The van der Waals surface area contributed by atoms with Gasteiger partial charge in [-0.2, -0.15) is 0 Å². The number of amides is 2. The summed E-state index contributed by atoms with van der Waals surface area (Å²) < 4.78 is 0. The van der Waals surface area contributed by atoms with E-state index in [1.807, 2.05) is 24.3 Å². The molecular weight excluding hydrogens is 264 g/mol. The maximum absolute atomic E-state index is 11.2. The molecule has 1 aliphatic rings. The normalized spacial score (nSPS) is 12.9. The van der Waals surface area contributed by atoms with Gasteiger partial charge in [0.2, 0.25) is 0 Å². The van der Waals surface area contributed by atoms with Crippen molar-refractivity contribution in [3.8, 4) is 0 Å². The van der Waals surface area contributed by atoms with Crippen LogP contribution in [0.25, 0.3) is 6.08 Å².